The van der Waals surface area contributed by atoms with E-state index in [0.29, 0.717) is 18.0 Å². The van der Waals surface area contributed by atoms with Gasteiger partial charge in [-0.15, -0.1) is 0 Å². The molecule has 0 amide bonds. The fourth-order valence-electron chi connectivity index (χ4n) is 2.93. The number of piperazine rings is 1. The van der Waals surface area contributed by atoms with Gasteiger partial charge in [-0.2, -0.15) is 0 Å². The molecule has 3 heteroatoms. The number of halogens is 1. The van der Waals surface area contributed by atoms with E-state index in [1.807, 2.05) is 12.1 Å². The van der Waals surface area contributed by atoms with E-state index >= 15 is 0 Å². The number of nitrogens with one attached hydrogen (secondary N) is 1. The molecule has 0 bridgehead atoms. The fraction of sp³-hybridized carbons (Fsp3) is 0.647. The lowest BCUT2D eigenvalue weighted by Gasteiger charge is -2.41. The largest absolute Gasteiger partial charge is 0.311 e. The minimum atomic E-state index is -0.151. The van der Waals surface area contributed by atoms with Gasteiger partial charge in [0.15, 0.2) is 0 Å². The molecular formula is C17H27FN2. The van der Waals surface area contributed by atoms with Crippen molar-refractivity contribution in [2.24, 2.45) is 5.92 Å². The molecule has 1 aromatic rings. The molecule has 0 saturated carbocycles. The Bertz CT molecular complexity index is 402. The van der Waals surface area contributed by atoms with Crippen molar-refractivity contribution in [2.75, 3.05) is 19.6 Å². The third-order valence-electron chi connectivity index (χ3n) is 4.44. The van der Waals surface area contributed by atoms with Crippen LogP contribution in [0.15, 0.2) is 24.3 Å². The van der Waals surface area contributed by atoms with E-state index in [2.05, 4.69) is 31.0 Å². The highest BCUT2D eigenvalue weighted by molar-refractivity contribution is 5.16. The van der Waals surface area contributed by atoms with Crippen molar-refractivity contribution in [1.29, 1.82) is 0 Å². The second kappa shape index (κ2) is 7.19. The van der Waals surface area contributed by atoms with Gasteiger partial charge in [0, 0.05) is 31.7 Å². The summed E-state index contributed by atoms with van der Waals surface area (Å²) in [4.78, 5) is 2.60. The van der Waals surface area contributed by atoms with Crippen LogP contribution in [0.3, 0.4) is 0 Å². The zero-order valence-corrected chi connectivity index (χ0v) is 12.9. The monoisotopic (exact) mass is 278 g/mol. The van der Waals surface area contributed by atoms with Crippen molar-refractivity contribution in [3.63, 3.8) is 0 Å². The molecule has 2 atom stereocenters. The van der Waals surface area contributed by atoms with Crippen molar-refractivity contribution >= 4 is 0 Å². The van der Waals surface area contributed by atoms with Gasteiger partial charge in [-0.05, 0) is 36.5 Å². The van der Waals surface area contributed by atoms with Crippen LogP contribution >= 0.6 is 0 Å². The van der Waals surface area contributed by atoms with E-state index in [1.165, 1.54) is 12.0 Å². The first-order chi connectivity index (χ1) is 9.60. The molecule has 1 heterocycles. The molecule has 0 aliphatic carbocycles. The first-order valence-corrected chi connectivity index (χ1v) is 7.82. The zero-order valence-electron chi connectivity index (χ0n) is 12.9. The zero-order chi connectivity index (χ0) is 14.5. The van der Waals surface area contributed by atoms with Crippen LogP contribution in [0.1, 0.15) is 32.8 Å². The number of hydrogen-bond acceptors (Lipinski definition) is 2. The van der Waals surface area contributed by atoms with E-state index in [9.17, 15) is 4.39 Å². The summed E-state index contributed by atoms with van der Waals surface area (Å²) in [5, 5.41) is 3.66. The third-order valence-corrected chi connectivity index (χ3v) is 4.44. The van der Waals surface area contributed by atoms with Crippen molar-refractivity contribution in [1.82, 2.24) is 10.2 Å². The minimum absolute atomic E-state index is 0.151. The molecule has 1 aliphatic heterocycles. The van der Waals surface area contributed by atoms with Crippen LogP contribution in [0, 0.1) is 11.7 Å². The summed E-state index contributed by atoms with van der Waals surface area (Å²) in [5.41, 5.74) is 1.22. The molecule has 0 spiro atoms. The Morgan fingerprint density at radius 1 is 1.30 bits per heavy atom. The molecule has 1 fully saturated rings. The molecule has 2 nitrogen and oxygen atoms in total. The lowest BCUT2D eigenvalue weighted by molar-refractivity contribution is 0.112. The maximum atomic E-state index is 12.9. The summed E-state index contributed by atoms with van der Waals surface area (Å²) < 4.78 is 12.9. The van der Waals surface area contributed by atoms with Crippen LogP contribution in [0.5, 0.6) is 0 Å². The van der Waals surface area contributed by atoms with E-state index in [0.717, 1.165) is 26.1 Å². The van der Waals surface area contributed by atoms with Gasteiger partial charge in [-0.3, -0.25) is 4.90 Å². The average molecular weight is 278 g/mol. The van der Waals surface area contributed by atoms with Gasteiger partial charge in [0.05, 0.1) is 0 Å². The van der Waals surface area contributed by atoms with Gasteiger partial charge in [-0.25, -0.2) is 4.39 Å². The Balaban J connectivity index is 1.92. The van der Waals surface area contributed by atoms with E-state index in [-0.39, 0.29) is 5.82 Å². The lowest BCUT2D eigenvalue weighted by atomic mass is 9.98. The lowest BCUT2D eigenvalue weighted by Crippen LogP contribution is -2.58. The maximum absolute atomic E-state index is 12.9. The topological polar surface area (TPSA) is 15.3 Å². The van der Waals surface area contributed by atoms with Crippen LogP contribution in [0.4, 0.5) is 4.39 Å². The van der Waals surface area contributed by atoms with Crippen LogP contribution in [0.2, 0.25) is 0 Å². The van der Waals surface area contributed by atoms with Crippen LogP contribution in [-0.2, 0) is 6.42 Å². The molecule has 0 aromatic heterocycles. The van der Waals surface area contributed by atoms with E-state index < -0.39 is 0 Å². The summed E-state index contributed by atoms with van der Waals surface area (Å²) >= 11 is 0. The number of nitrogens with zero attached hydrogens (tertiary/aromatic N) is 1. The molecule has 1 aromatic carbocycles. The number of benzene rings is 1. The van der Waals surface area contributed by atoms with Crippen LogP contribution < -0.4 is 5.32 Å². The average Bonchev–Trinajstić information content (AvgIpc) is 2.46. The van der Waals surface area contributed by atoms with Gasteiger partial charge >= 0.3 is 0 Å². The Kier molecular flexibility index (Phi) is 5.55. The summed E-state index contributed by atoms with van der Waals surface area (Å²) in [5.74, 6) is 0.517. The van der Waals surface area contributed by atoms with Gasteiger partial charge in [0.1, 0.15) is 5.82 Å². The van der Waals surface area contributed by atoms with Crippen molar-refractivity contribution < 1.29 is 4.39 Å². The van der Waals surface area contributed by atoms with Crippen molar-refractivity contribution in [3.05, 3.63) is 35.6 Å². The first kappa shape index (κ1) is 15.5. The highest BCUT2D eigenvalue weighted by atomic mass is 19.1. The normalized spacial score (nSPS) is 24.2. The van der Waals surface area contributed by atoms with Crippen LogP contribution in [-0.4, -0.2) is 36.6 Å². The summed E-state index contributed by atoms with van der Waals surface area (Å²) in [6.45, 7) is 10.1. The van der Waals surface area contributed by atoms with Gasteiger partial charge in [0.25, 0.3) is 0 Å². The highest BCUT2D eigenvalue weighted by Gasteiger charge is 2.27. The molecular weight excluding hydrogens is 251 g/mol. The summed E-state index contributed by atoms with van der Waals surface area (Å²) in [7, 11) is 0. The van der Waals surface area contributed by atoms with E-state index in [1.54, 1.807) is 12.1 Å². The number of rotatable bonds is 5. The Morgan fingerprint density at radius 3 is 2.60 bits per heavy atom. The Labute approximate surface area is 122 Å². The molecule has 20 heavy (non-hydrogen) atoms. The second-order valence-electron chi connectivity index (χ2n) is 6.19. The van der Waals surface area contributed by atoms with E-state index in [4.69, 9.17) is 0 Å². The standard InChI is InChI=1S/C17H27FN2/c1-4-16-11-19-17(13(2)3)12-20(16)10-9-14-5-7-15(18)8-6-14/h5-8,13,16-17,19H,4,9-12H2,1-3H3. The minimum Gasteiger partial charge on any atom is -0.311 e. The Morgan fingerprint density at radius 2 is 2.00 bits per heavy atom. The molecule has 1 aliphatic rings. The third kappa shape index (κ3) is 4.03. The fourth-order valence-corrected chi connectivity index (χ4v) is 2.93. The molecule has 112 valence electrons. The van der Waals surface area contributed by atoms with Crippen molar-refractivity contribution in [2.45, 2.75) is 45.7 Å². The van der Waals surface area contributed by atoms with Crippen LogP contribution in [0.25, 0.3) is 0 Å². The predicted octanol–water partition coefficient (Wildman–Crippen LogP) is 3.08. The van der Waals surface area contributed by atoms with Gasteiger partial charge in [-0.1, -0.05) is 32.9 Å². The molecule has 1 saturated heterocycles. The summed E-state index contributed by atoms with van der Waals surface area (Å²) in [6, 6.07) is 8.14. The number of hydrogen-bond donors (Lipinski definition) is 1. The maximum Gasteiger partial charge on any atom is 0.123 e. The molecule has 1 N–H and O–H groups in total. The highest BCUT2D eigenvalue weighted by Crippen LogP contribution is 2.16. The SMILES string of the molecule is CCC1CNC(C(C)C)CN1CCc1ccc(F)cc1. The Hall–Kier alpha value is -0.930. The van der Waals surface area contributed by atoms with Gasteiger partial charge < -0.3 is 5.32 Å². The quantitative estimate of drug-likeness (QED) is 0.890. The molecule has 0 radical (unpaired) electrons. The van der Waals surface area contributed by atoms with Crippen molar-refractivity contribution in [3.8, 4) is 0 Å². The summed E-state index contributed by atoms with van der Waals surface area (Å²) in [6.07, 6.45) is 2.18. The smallest absolute Gasteiger partial charge is 0.123 e. The molecule has 2 rings (SSSR count). The predicted molar refractivity (Wildman–Crippen MR) is 82.4 cm³/mol. The van der Waals surface area contributed by atoms with Gasteiger partial charge in [0.2, 0.25) is 0 Å². The first-order valence-electron chi connectivity index (χ1n) is 7.82. The second-order valence-corrected chi connectivity index (χ2v) is 6.19. The molecule has 2 unspecified atom stereocenters.